The lowest BCUT2D eigenvalue weighted by Crippen LogP contribution is -1.99. The first kappa shape index (κ1) is 15.3. The largest absolute Gasteiger partial charge is 0.417 e. The Bertz CT molecular complexity index is 1280. The number of oxazole rings is 1. The maximum atomic E-state index is 11.4. The minimum atomic E-state index is -0.541. The molecule has 3 aromatic heterocycles. The van der Waals surface area contributed by atoms with E-state index in [1.807, 2.05) is 30.3 Å². The van der Waals surface area contributed by atoms with E-state index < -0.39 is 5.76 Å². The number of para-hydroxylation sites is 1. The van der Waals surface area contributed by atoms with Crippen molar-refractivity contribution in [2.45, 2.75) is 6.54 Å². The van der Waals surface area contributed by atoms with Gasteiger partial charge in [0.15, 0.2) is 11.3 Å². The summed E-state index contributed by atoms with van der Waals surface area (Å²) < 4.78 is 12.1. The third-order valence-corrected chi connectivity index (χ3v) is 4.07. The maximum absolute atomic E-state index is 11.4. The fourth-order valence-electron chi connectivity index (χ4n) is 2.84. The Labute approximate surface area is 151 Å². The van der Waals surface area contributed by atoms with Gasteiger partial charge < -0.3 is 8.94 Å². The van der Waals surface area contributed by atoms with Gasteiger partial charge in [0.05, 0.1) is 23.8 Å². The van der Waals surface area contributed by atoms with Crippen LogP contribution in [0.1, 0.15) is 5.56 Å². The van der Waals surface area contributed by atoms with Crippen LogP contribution in [0.4, 0.5) is 0 Å². The summed E-state index contributed by atoms with van der Waals surface area (Å²) in [5.74, 6) is 0.0264. The topological polar surface area (TPSA) is 116 Å². The van der Waals surface area contributed by atoms with Crippen molar-refractivity contribution in [3.8, 4) is 23.0 Å². The van der Waals surface area contributed by atoms with Crippen molar-refractivity contribution in [3.05, 3.63) is 70.8 Å². The number of aromatic amines is 1. The Hall–Kier alpha value is -4.01. The highest BCUT2D eigenvalue weighted by Gasteiger charge is 2.17. The van der Waals surface area contributed by atoms with Gasteiger partial charge >= 0.3 is 5.76 Å². The van der Waals surface area contributed by atoms with Gasteiger partial charge in [-0.1, -0.05) is 46.8 Å². The molecule has 0 spiro atoms. The minimum Gasteiger partial charge on any atom is -0.408 e. The molecule has 0 saturated carbocycles. The minimum absolute atomic E-state index is 0.255. The first-order chi connectivity index (χ1) is 13.3. The molecule has 3 heterocycles. The van der Waals surface area contributed by atoms with E-state index in [4.69, 9.17) is 8.94 Å². The summed E-state index contributed by atoms with van der Waals surface area (Å²) in [6, 6.07) is 15.1. The molecule has 0 radical (unpaired) electrons. The molecule has 0 amide bonds. The molecule has 0 aliphatic rings. The molecule has 9 nitrogen and oxygen atoms in total. The molecule has 0 atom stereocenters. The lowest BCUT2D eigenvalue weighted by Gasteiger charge is -1.98. The highest BCUT2D eigenvalue weighted by atomic mass is 16.5. The first-order valence-electron chi connectivity index (χ1n) is 8.16. The number of aromatic nitrogens is 6. The van der Waals surface area contributed by atoms with Crippen LogP contribution in [-0.2, 0) is 6.54 Å². The van der Waals surface area contributed by atoms with E-state index in [0.717, 1.165) is 5.56 Å². The van der Waals surface area contributed by atoms with E-state index in [2.05, 4.69) is 25.4 Å². The summed E-state index contributed by atoms with van der Waals surface area (Å²) in [5, 5.41) is 12.2. The van der Waals surface area contributed by atoms with Crippen LogP contribution in [0.3, 0.4) is 0 Å². The first-order valence-corrected chi connectivity index (χ1v) is 8.16. The maximum Gasteiger partial charge on any atom is 0.417 e. The highest BCUT2D eigenvalue weighted by molar-refractivity contribution is 5.87. The standard InChI is InChI=1S/C18H12N6O3/c25-18-19-15-12(7-4-8-14(15)26-18)17-20-16(22-27-17)13-10-24(23-21-13)9-11-5-2-1-3-6-11/h1-8,10H,9H2,(H,19,25). The van der Waals surface area contributed by atoms with Gasteiger partial charge in [-0.2, -0.15) is 4.98 Å². The fourth-order valence-corrected chi connectivity index (χ4v) is 2.84. The lowest BCUT2D eigenvalue weighted by atomic mass is 10.2. The molecule has 0 bridgehead atoms. The summed E-state index contributed by atoms with van der Waals surface area (Å²) in [6.07, 6.45) is 1.75. The predicted octanol–water partition coefficient (Wildman–Crippen LogP) is 2.48. The Morgan fingerprint density at radius 1 is 1.07 bits per heavy atom. The van der Waals surface area contributed by atoms with Crippen LogP contribution >= 0.6 is 0 Å². The predicted molar refractivity (Wildman–Crippen MR) is 94.7 cm³/mol. The molecule has 27 heavy (non-hydrogen) atoms. The van der Waals surface area contributed by atoms with Gasteiger partial charge in [0.2, 0.25) is 5.82 Å². The molecular formula is C18H12N6O3. The number of rotatable bonds is 4. The summed E-state index contributed by atoms with van der Waals surface area (Å²) in [4.78, 5) is 18.4. The van der Waals surface area contributed by atoms with Crippen LogP contribution < -0.4 is 5.76 Å². The highest BCUT2D eigenvalue weighted by Crippen LogP contribution is 2.26. The van der Waals surface area contributed by atoms with Gasteiger partial charge in [-0.05, 0) is 17.7 Å². The van der Waals surface area contributed by atoms with E-state index in [1.165, 1.54) is 0 Å². The SMILES string of the molecule is O=c1[nH]c2c(-c3nc(-c4cn(Cc5ccccc5)nn4)no3)cccc2o1. The molecule has 5 aromatic rings. The van der Waals surface area contributed by atoms with Crippen molar-refractivity contribution in [1.29, 1.82) is 0 Å². The van der Waals surface area contributed by atoms with Crippen LogP contribution in [0.15, 0.2) is 68.5 Å². The Balaban J connectivity index is 1.46. The third-order valence-electron chi connectivity index (χ3n) is 4.07. The number of fused-ring (bicyclic) bond motifs is 1. The molecule has 0 unspecified atom stereocenters. The Morgan fingerprint density at radius 3 is 2.85 bits per heavy atom. The zero-order valence-corrected chi connectivity index (χ0v) is 13.9. The monoisotopic (exact) mass is 360 g/mol. The van der Waals surface area contributed by atoms with Crippen molar-refractivity contribution in [3.63, 3.8) is 0 Å². The molecular weight excluding hydrogens is 348 g/mol. The second kappa shape index (κ2) is 6.06. The average Bonchev–Trinajstić information content (AvgIpc) is 3.40. The Morgan fingerprint density at radius 2 is 1.96 bits per heavy atom. The Kier molecular flexibility index (Phi) is 3.42. The van der Waals surface area contributed by atoms with E-state index >= 15 is 0 Å². The van der Waals surface area contributed by atoms with Crippen LogP contribution in [0.2, 0.25) is 0 Å². The van der Waals surface area contributed by atoms with Gasteiger partial charge in [-0.3, -0.25) is 4.98 Å². The van der Waals surface area contributed by atoms with Crippen LogP contribution in [0.25, 0.3) is 34.1 Å². The molecule has 1 N–H and O–H groups in total. The second-order valence-electron chi connectivity index (χ2n) is 5.90. The van der Waals surface area contributed by atoms with E-state index in [-0.39, 0.29) is 5.89 Å². The number of benzene rings is 2. The summed E-state index contributed by atoms with van der Waals surface area (Å²) in [7, 11) is 0. The van der Waals surface area contributed by atoms with Gasteiger partial charge in [-0.25, -0.2) is 9.48 Å². The van der Waals surface area contributed by atoms with E-state index in [0.29, 0.717) is 34.7 Å². The molecule has 0 saturated heterocycles. The smallest absolute Gasteiger partial charge is 0.408 e. The number of H-pyrrole nitrogens is 1. The van der Waals surface area contributed by atoms with Crippen molar-refractivity contribution in [2.24, 2.45) is 0 Å². The number of hydrogen-bond acceptors (Lipinski definition) is 7. The normalized spacial score (nSPS) is 11.3. The van der Waals surface area contributed by atoms with Crippen molar-refractivity contribution >= 4 is 11.1 Å². The van der Waals surface area contributed by atoms with Crippen molar-refractivity contribution in [2.75, 3.05) is 0 Å². The quantitative estimate of drug-likeness (QED) is 0.523. The number of nitrogens with one attached hydrogen (secondary N) is 1. The van der Waals surface area contributed by atoms with Crippen LogP contribution in [-0.4, -0.2) is 30.1 Å². The summed E-state index contributed by atoms with van der Waals surface area (Å²) >= 11 is 0. The number of nitrogens with zero attached hydrogens (tertiary/aromatic N) is 5. The fraction of sp³-hybridized carbons (Fsp3) is 0.0556. The molecule has 0 aliphatic heterocycles. The van der Waals surface area contributed by atoms with Gasteiger partial charge in [0.1, 0.15) is 0 Å². The molecule has 132 valence electrons. The van der Waals surface area contributed by atoms with Gasteiger partial charge in [0, 0.05) is 0 Å². The van der Waals surface area contributed by atoms with Gasteiger partial charge in [0.25, 0.3) is 5.89 Å². The zero-order chi connectivity index (χ0) is 18.2. The molecule has 9 heteroatoms. The van der Waals surface area contributed by atoms with Crippen LogP contribution in [0.5, 0.6) is 0 Å². The van der Waals surface area contributed by atoms with Crippen LogP contribution in [0, 0.1) is 0 Å². The lowest BCUT2D eigenvalue weighted by molar-refractivity contribution is 0.432. The molecule has 2 aromatic carbocycles. The van der Waals surface area contributed by atoms with Crippen molar-refractivity contribution in [1.82, 2.24) is 30.1 Å². The van der Waals surface area contributed by atoms with E-state index in [9.17, 15) is 4.79 Å². The average molecular weight is 360 g/mol. The second-order valence-corrected chi connectivity index (χ2v) is 5.90. The summed E-state index contributed by atoms with van der Waals surface area (Å²) in [5.41, 5.74) is 3.11. The molecule has 5 rings (SSSR count). The summed E-state index contributed by atoms with van der Waals surface area (Å²) in [6.45, 7) is 0.591. The third kappa shape index (κ3) is 2.80. The zero-order valence-electron chi connectivity index (χ0n) is 13.9. The number of hydrogen-bond donors (Lipinski definition) is 1. The van der Waals surface area contributed by atoms with Crippen molar-refractivity contribution < 1.29 is 8.94 Å². The van der Waals surface area contributed by atoms with Gasteiger partial charge in [-0.15, -0.1) is 5.10 Å². The molecule has 0 aliphatic carbocycles. The van der Waals surface area contributed by atoms with E-state index in [1.54, 1.807) is 29.1 Å². The molecule has 0 fully saturated rings.